The molecular weight excluding hydrogens is 268 g/mol. The molecule has 0 amide bonds. The molecule has 0 aliphatic rings. The third-order valence-corrected chi connectivity index (χ3v) is 3.27. The zero-order valence-electron chi connectivity index (χ0n) is 13.2. The minimum atomic E-state index is 0.0516. The minimum Gasteiger partial charge on any atom is -0.491 e. The predicted molar refractivity (Wildman–Crippen MR) is 84.0 cm³/mol. The van der Waals surface area contributed by atoms with E-state index in [0.717, 1.165) is 5.75 Å². The van der Waals surface area contributed by atoms with Crippen molar-refractivity contribution in [2.75, 3.05) is 39.6 Å². The summed E-state index contributed by atoms with van der Waals surface area (Å²) >= 11 is 0. The van der Waals surface area contributed by atoms with Gasteiger partial charge in [0.05, 0.1) is 33.0 Å². The lowest BCUT2D eigenvalue weighted by Gasteiger charge is -2.12. The van der Waals surface area contributed by atoms with Crippen LogP contribution >= 0.6 is 0 Å². The van der Waals surface area contributed by atoms with Gasteiger partial charge in [-0.3, -0.25) is 0 Å². The first-order valence-corrected chi connectivity index (χ1v) is 7.77. The lowest BCUT2D eigenvalue weighted by atomic mass is 9.97. The van der Waals surface area contributed by atoms with Crippen molar-refractivity contribution in [3.63, 3.8) is 0 Å². The van der Waals surface area contributed by atoms with Crippen molar-refractivity contribution in [1.82, 2.24) is 0 Å². The number of aliphatic hydroxyl groups excluding tert-OH is 1. The van der Waals surface area contributed by atoms with Gasteiger partial charge in [-0.1, -0.05) is 32.4 Å². The minimum absolute atomic E-state index is 0.0516. The number of benzene rings is 1. The molecule has 0 aliphatic carbocycles. The Labute approximate surface area is 128 Å². The molecule has 1 N–H and O–H groups in total. The molecule has 1 atom stereocenters. The Bertz CT molecular complexity index is 350. The molecule has 1 rings (SSSR count). The van der Waals surface area contributed by atoms with Gasteiger partial charge in [0.2, 0.25) is 0 Å². The summed E-state index contributed by atoms with van der Waals surface area (Å²) in [6.07, 6.45) is 2.42. The molecule has 0 saturated carbocycles. The van der Waals surface area contributed by atoms with E-state index in [-0.39, 0.29) is 6.61 Å². The first kappa shape index (κ1) is 18.0. The van der Waals surface area contributed by atoms with E-state index >= 15 is 0 Å². The molecule has 1 aromatic carbocycles. The van der Waals surface area contributed by atoms with Crippen LogP contribution in [-0.2, 0) is 9.47 Å². The molecule has 120 valence electrons. The highest BCUT2D eigenvalue weighted by Crippen LogP contribution is 2.22. The standard InChI is InChI=1S/C17H28O4/c1-3-4-15(2)16-5-7-17(8-6-16)21-14-13-20-12-11-19-10-9-18/h5-8,15,18H,3-4,9-14H2,1-2H3. The maximum Gasteiger partial charge on any atom is 0.119 e. The van der Waals surface area contributed by atoms with Gasteiger partial charge in [0, 0.05) is 0 Å². The Hall–Kier alpha value is -1.10. The van der Waals surface area contributed by atoms with Crippen LogP contribution in [-0.4, -0.2) is 44.7 Å². The molecule has 4 nitrogen and oxygen atoms in total. The molecule has 0 fully saturated rings. The van der Waals surface area contributed by atoms with Crippen LogP contribution < -0.4 is 4.74 Å². The number of aliphatic hydroxyl groups is 1. The van der Waals surface area contributed by atoms with E-state index in [1.54, 1.807) is 0 Å². The molecule has 0 spiro atoms. The molecule has 21 heavy (non-hydrogen) atoms. The van der Waals surface area contributed by atoms with Crippen molar-refractivity contribution in [2.24, 2.45) is 0 Å². The Morgan fingerprint density at radius 2 is 1.57 bits per heavy atom. The van der Waals surface area contributed by atoms with E-state index in [1.807, 2.05) is 12.1 Å². The van der Waals surface area contributed by atoms with Gasteiger partial charge < -0.3 is 19.3 Å². The fraction of sp³-hybridized carbons (Fsp3) is 0.647. The van der Waals surface area contributed by atoms with Crippen molar-refractivity contribution in [3.05, 3.63) is 29.8 Å². The van der Waals surface area contributed by atoms with Crippen LogP contribution in [0.3, 0.4) is 0 Å². The third kappa shape index (κ3) is 8.05. The van der Waals surface area contributed by atoms with Gasteiger partial charge >= 0.3 is 0 Å². The SMILES string of the molecule is CCCC(C)c1ccc(OCCOCCOCCO)cc1. The summed E-state index contributed by atoms with van der Waals surface area (Å²) in [7, 11) is 0. The highest BCUT2D eigenvalue weighted by molar-refractivity contribution is 5.29. The van der Waals surface area contributed by atoms with E-state index in [4.69, 9.17) is 19.3 Å². The lowest BCUT2D eigenvalue weighted by molar-refractivity contribution is 0.0247. The number of hydrogen-bond acceptors (Lipinski definition) is 4. The summed E-state index contributed by atoms with van der Waals surface area (Å²) in [5.41, 5.74) is 1.36. The van der Waals surface area contributed by atoms with Gasteiger partial charge in [-0.05, 0) is 30.0 Å². The van der Waals surface area contributed by atoms with E-state index < -0.39 is 0 Å². The number of hydrogen-bond donors (Lipinski definition) is 1. The van der Waals surface area contributed by atoms with Crippen LogP contribution in [0.2, 0.25) is 0 Å². The summed E-state index contributed by atoms with van der Waals surface area (Å²) in [4.78, 5) is 0. The quantitative estimate of drug-likeness (QED) is 0.602. The van der Waals surface area contributed by atoms with Gasteiger partial charge in [0.25, 0.3) is 0 Å². The van der Waals surface area contributed by atoms with Crippen molar-refractivity contribution >= 4 is 0 Å². The van der Waals surface area contributed by atoms with Crippen LogP contribution in [0.5, 0.6) is 5.75 Å². The second-order valence-corrected chi connectivity index (χ2v) is 5.06. The van der Waals surface area contributed by atoms with Gasteiger partial charge in [-0.25, -0.2) is 0 Å². The first-order valence-electron chi connectivity index (χ1n) is 7.77. The van der Waals surface area contributed by atoms with Gasteiger partial charge in [-0.2, -0.15) is 0 Å². The van der Waals surface area contributed by atoms with Gasteiger partial charge in [-0.15, -0.1) is 0 Å². The van der Waals surface area contributed by atoms with Crippen molar-refractivity contribution in [2.45, 2.75) is 32.6 Å². The second-order valence-electron chi connectivity index (χ2n) is 5.06. The van der Waals surface area contributed by atoms with Gasteiger partial charge in [0.15, 0.2) is 0 Å². The van der Waals surface area contributed by atoms with Crippen molar-refractivity contribution in [3.8, 4) is 5.75 Å². The smallest absolute Gasteiger partial charge is 0.119 e. The van der Waals surface area contributed by atoms with Crippen LogP contribution in [0, 0.1) is 0 Å². The van der Waals surface area contributed by atoms with E-state index in [1.165, 1.54) is 18.4 Å². The largest absolute Gasteiger partial charge is 0.491 e. The van der Waals surface area contributed by atoms with Gasteiger partial charge in [0.1, 0.15) is 12.4 Å². The van der Waals surface area contributed by atoms with Crippen molar-refractivity contribution < 1.29 is 19.3 Å². The van der Waals surface area contributed by atoms with Crippen molar-refractivity contribution in [1.29, 1.82) is 0 Å². The second kappa shape index (κ2) is 11.5. The molecule has 4 heteroatoms. The van der Waals surface area contributed by atoms with E-state index in [0.29, 0.717) is 39.0 Å². The molecule has 0 aromatic heterocycles. The molecule has 0 heterocycles. The topological polar surface area (TPSA) is 47.9 Å². The first-order chi connectivity index (χ1) is 10.3. The fourth-order valence-corrected chi connectivity index (χ4v) is 2.10. The monoisotopic (exact) mass is 296 g/mol. The van der Waals surface area contributed by atoms with Crippen LogP contribution in [0.15, 0.2) is 24.3 Å². The predicted octanol–water partition coefficient (Wildman–Crippen LogP) is 2.99. The molecular formula is C17H28O4. The summed E-state index contributed by atoms with van der Waals surface area (Å²) in [6.45, 7) is 6.98. The normalized spacial score (nSPS) is 12.3. The highest BCUT2D eigenvalue weighted by Gasteiger charge is 2.04. The van der Waals surface area contributed by atoms with E-state index in [2.05, 4.69) is 26.0 Å². The van der Waals surface area contributed by atoms with Crippen LogP contribution in [0.4, 0.5) is 0 Å². The lowest BCUT2D eigenvalue weighted by Crippen LogP contribution is -2.11. The summed E-state index contributed by atoms with van der Waals surface area (Å²) in [5, 5.41) is 8.53. The molecule has 0 radical (unpaired) electrons. The Balaban J connectivity index is 2.12. The molecule has 1 unspecified atom stereocenters. The maximum absolute atomic E-state index is 8.53. The highest BCUT2D eigenvalue weighted by atomic mass is 16.5. The Morgan fingerprint density at radius 1 is 0.952 bits per heavy atom. The Kier molecular flexibility index (Phi) is 9.87. The third-order valence-electron chi connectivity index (χ3n) is 3.27. The summed E-state index contributed by atoms with van der Waals surface area (Å²) < 4.78 is 16.1. The van der Waals surface area contributed by atoms with Crippen LogP contribution in [0.25, 0.3) is 0 Å². The maximum atomic E-state index is 8.53. The molecule has 0 bridgehead atoms. The Morgan fingerprint density at radius 3 is 2.19 bits per heavy atom. The summed E-state index contributed by atoms with van der Waals surface area (Å²) in [5.74, 6) is 1.48. The average molecular weight is 296 g/mol. The summed E-state index contributed by atoms with van der Waals surface area (Å²) in [6, 6.07) is 8.32. The molecule has 0 aliphatic heterocycles. The zero-order valence-corrected chi connectivity index (χ0v) is 13.2. The number of ether oxygens (including phenoxy) is 3. The van der Waals surface area contributed by atoms with E-state index in [9.17, 15) is 0 Å². The molecule has 1 aromatic rings. The zero-order chi connectivity index (χ0) is 15.3. The molecule has 0 saturated heterocycles. The number of rotatable bonds is 12. The fourth-order valence-electron chi connectivity index (χ4n) is 2.10. The average Bonchev–Trinajstić information content (AvgIpc) is 2.51. The van der Waals surface area contributed by atoms with Crippen LogP contribution in [0.1, 0.15) is 38.2 Å².